The van der Waals surface area contributed by atoms with E-state index in [2.05, 4.69) is 32.2 Å². The first-order chi connectivity index (χ1) is 16.0. The van der Waals surface area contributed by atoms with Crippen LogP contribution in [0.15, 0.2) is 43.2 Å². The number of hydrogen-bond acceptors (Lipinski definition) is 6. The SMILES string of the molecule is C=CC(=O)N1CCC(Nc2cnc3[nH]cc(C(=O)NCc4ccc(OC)c(F)c4)c3n2)CC1. The van der Waals surface area contributed by atoms with Gasteiger partial charge in [0.2, 0.25) is 5.91 Å². The molecular formula is C23H25FN6O3. The van der Waals surface area contributed by atoms with Crippen LogP contribution in [0, 0.1) is 5.82 Å². The second-order valence-corrected chi connectivity index (χ2v) is 7.75. The largest absolute Gasteiger partial charge is 0.494 e. The number of aromatic nitrogens is 3. The minimum absolute atomic E-state index is 0.0602. The Hall–Kier alpha value is -3.95. The van der Waals surface area contributed by atoms with Crippen LogP contribution >= 0.6 is 0 Å². The summed E-state index contributed by atoms with van der Waals surface area (Å²) in [6.07, 6.45) is 6.05. The van der Waals surface area contributed by atoms with Crippen LogP contribution in [-0.4, -0.2) is 57.9 Å². The van der Waals surface area contributed by atoms with Crippen molar-refractivity contribution in [1.29, 1.82) is 0 Å². The van der Waals surface area contributed by atoms with Crippen molar-refractivity contribution in [1.82, 2.24) is 25.2 Å². The fourth-order valence-corrected chi connectivity index (χ4v) is 3.81. The van der Waals surface area contributed by atoms with Gasteiger partial charge in [0.15, 0.2) is 17.2 Å². The molecule has 3 heterocycles. The minimum atomic E-state index is -0.488. The number of likely N-dealkylation sites (tertiary alicyclic amines) is 1. The van der Waals surface area contributed by atoms with Gasteiger partial charge in [-0.15, -0.1) is 0 Å². The first-order valence-electron chi connectivity index (χ1n) is 10.6. The third kappa shape index (κ3) is 4.94. The molecule has 2 amide bonds. The molecule has 1 saturated heterocycles. The molecule has 0 spiro atoms. The number of benzene rings is 1. The monoisotopic (exact) mass is 452 g/mol. The van der Waals surface area contributed by atoms with Gasteiger partial charge in [0, 0.05) is 31.9 Å². The highest BCUT2D eigenvalue weighted by atomic mass is 19.1. The van der Waals surface area contributed by atoms with Crippen LogP contribution in [0.2, 0.25) is 0 Å². The highest BCUT2D eigenvalue weighted by Crippen LogP contribution is 2.20. The van der Waals surface area contributed by atoms with Crippen LogP contribution in [0.4, 0.5) is 10.2 Å². The number of aromatic amines is 1. The molecule has 0 bridgehead atoms. The third-order valence-corrected chi connectivity index (χ3v) is 5.63. The number of methoxy groups -OCH3 is 1. The van der Waals surface area contributed by atoms with E-state index < -0.39 is 5.82 Å². The maximum atomic E-state index is 13.9. The number of piperidine rings is 1. The molecule has 1 aliphatic heterocycles. The summed E-state index contributed by atoms with van der Waals surface area (Å²) in [5, 5.41) is 6.12. The van der Waals surface area contributed by atoms with Crippen LogP contribution in [0.25, 0.3) is 11.2 Å². The van der Waals surface area contributed by atoms with E-state index in [1.54, 1.807) is 23.4 Å². The van der Waals surface area contributed by atoms with Crippen LogP contribution in [-0.2, 0) is 11.3 Å². The van der Waals surface area contributed by atoms with Crippen molar-refractivity contribution in [2.24, 2.45) is 0 Å². The lowest BCUT2D eigenvalue weighted by Crippen LogP contribution is -2.41. The molecule has 0 atom stereocenters. The second-order valence-electron chi connectivity index (χ2n) is 7.75. The Morgan fingerprint density at radius 3 is 2.85 bits per heavy atom. The number of carbonyl (C=O) groups excluding carboxylic acids is 2. The number of hydrogen-bond donors (Lipinski definition) is 3. The van der Waals surface area contributed by atoms with Crippen LogP contribution in [0.1, 0.15) is 28.8 Å². The van der Waals surface area contributed by atoms with Gasteiger partial charge in [0.05, 0.1) is 18.9 Å². The van der Waals surface area contributed by atoms with Gasteiger partial charge in [0.25, 0.3) is 5.91 Å². The van der Waals surface area contributed by atoms with Gasteiger partial charge in [0.1, 0.15) is 11.3 Å². The Kier molecular flexibility index (Phi) is 6.53. The van der Waals surface area contributed by atoms with Crippen molar-refractivity contribution >= 4 is 28.8 Å². The zero-order valence-electron chi connectivity index (χ0n) is 18.2. The number of H-pyrrole nitrogens is 1. The zero-order chi connectivity index (χ0) is 23.4. The molecule has 172 valence electrons. The predicted octanol–water partition coefficient (Wildman–Crippen LogP) is 2.62. The van der Waals surface area contributed by atoms with Gasteiger partial charge >= 0.3 is 0 Å². The fourth-order valence-electron chi connectivity index (χ4n) is 3.81. The summed E-state index contributed by atoms with van der Waals surface area (Å²) in [5.41, 5.74) is 1.89. The Balaban J connectivity index is 1.41. The molecule has 0 unspecified atom stereocenters. The number of fused-ring (bicyclic) bond motifs is 1. The number of anilines is 1. The van der Waals surface area contributed by atoms with Crippen LogP contribution < -0.4 is 15.4 Å². The molecule has 2 aromatic heterocycles. The van der Waals surface area contributed by atoms with Gasteiger partial charge in [-0.05, 0) is 36.6 Å². The van der Waals surface area contributed by atoms with E-state index in [0.29, 0.717) is 41.2 Å². The Morgan fingerprint density at radius 2 is 2.15 bits per heavy atom. The summed E-state index contributed by atoms with van der Waals surface area (Å²) in [7, 11) is 1.40. The molecule has 1 fully saturated rings. The average Bonchev–Trinajstić information content (AvgIpc) is 3.26. The molecule has 0 aliphatic carbocycles. The summed E-state index contributed by atoms with van der Waals surface area (Å²) in [6, 6.07) is 4.67. The molecule has 9 nitrogen and oxygen atoms in total. The van der Waals surface area contributed by atoms with E-state index in [-0.39, 0.29) is 30.2 Å². The first-order valence-corrected chi connectivity index (χ1v) is 10.6. The molecule has 0 radical (unpaired) electrons. The molecule has 1 aromatic carbocycles. The molecule has 0 saturated carbocycles. The van der Waals surface area contributed by atoms with E-state index in [0.717, 1.165) is 12.8 Å². The quantitative estimate of drug-likeness (QED) is 0.475. The lowest BCUT2D eigenvalue weighted by atomic mass is 10.1. The molecule has 33 heavy (non-hydrogen) atoms. The lowest BCUT2D eigenvalue weighted by molar-refractivity contribution is -0.126. The number of rotatable bonds is 7. The highest BCUT2D eigenvalue weighted by molar-refractivity contribution is 6.04. The normalized spacial score (nSPS) is 14.2. The van der Waals surface area contributed by atoms with Gasteiger partial charge in [-0.1, -0.05) is 12.6 Å². The molecule has 10 heteroatoms. The Bertz CT molecular complexity index is 1190. The number of carbonyl (C=O) groups is 2. The summed E-state index contributed by atoms with van der Waals surface area (Å²) < 4.78 is 18.8. The Labute approximate surface area is 190 Å². The van der Waals surface area contributed by atoms with E-state index in [1.807, 2.05) is 0 Å². The number of nitrogens with zero attached hydrogens (tertiary/aromatic N) is 3. The number of ether oxygens (including phenoxy) is 1. The van der Waals surface area contributed by atoms with E-state index in [1.165, 1.54) is 25.3 Å². The van der Waals surface area contributed by atoms with Crippen LogP contribution in [0.3, 0.4) is 0 Å². The maximum absolute atomic E-state index is 13.9. The fraction of sp³-hybridized carbons (Fsp3) is 0.304. The zero-order valence-corrected chi connectivity index (χ0v) is 18.2. The van der Waals surface area contributed by atoms with Crippen molar-refractivity contribution in [3.63, 3.8) is 0 Å². The first kappa shape index (κ1) is 22.3. The summed E-state index contributed by atoms with van der Waals surface area (Å²) in [6.45, 7) is 4.96. The average molecular weight is 452 g/mol. The second kappa shape index (κ2) is 9.68. The number of halogens is 1. The molecule has 3 aromatic rings. The standard InChI is InChI=1S/C23H25FN6O3/c1-3-20(31)30-8-6-15(7-9-30)28-19-13-26-22-21(29-19)16(12-25-22)23(32)27-11-14-4-5-18(33-2)17(24)10-14/h3-5,10,12-13,15H,1,6-9,11H2,2H3,(H,25,26)(H,27,32)(H,28,29). The molecule has 1 aliphatic rings. The van der Waals surface area contributed by atoms with Gasteiger partial charge < -0.3 is 25.3 Å². The maximum Gasteiger partial charge on any atom is 0.255 e. The molecule has 3 N–H and O–H groups in total. The van der Waals surface area contributed by atoms with Crippen molar-refractivity contribution < 1.29 is 18.7 Å². The predicted molar refractivity (Wildman–Crippen MR) is 121 cm³/mol. The topological polar surface area (TPSA) is 112 Å². The third-order valence-electron chi connectivity index (χ3n) is 5.63. The smallest absolute Gasteiger partial charge is 0.255 e. The minimum Gasteiger partial charge on any atom is -0.494 e. The van der Waals surface area contributed by atoms with E-state index in [9.17, 15) is 14.0 Å². The Morgan fingerprint density at radius 1 is 1.36 bits per heavy atom. The molecular weight excluding hydrogens is 427 g/mol. The van der Waals surface area contributed by atoms with E-state index in [4.69, 9.17) is 4.74 Å². The van der Waals surface area contributed by atoms with Gasteiger partial charge in [-0.25, -0.2) is 14.4 Å². The van der Waals surface area contributed by atoms with Crippen molar-refractivity contribution in [3.05, 3.63) is 60.2 Å². The number of amides is 2. The summed E-state index contributed by atoms with van der Waals surface area (Å²) >= 11 is 0. The van der Waals surface area contributed by atoms with Crippen molar-refractivity contribution in [2.45, 2.75) is 25.4 Å². The summed E-state index contributed by atoms with van der Waals surface area (Å²) in [5.74, 6) is -0.190. The molecule has 4 rings (SSSR count). The number of nitrogens with one attached hydrogen (secondary N) is 3. The van der Waals surface area contributed by atoms with Crippen molar-refractivity contribution in [3.8, 4) is 5.75 Å². The summed E-state index contributed by atoms with van der Waals surface area (Å²) in [4.78, 5) is 38.1. The van der Waals surface area contributed by atoms with Crippen molar-refractivity contribution in [2.75, 3.05) is 25.5 Å². The van der Waals surface area contributed by atoms with Gasteiger partial charge in [-0.3, -0.25) is 9.59 Å². The van der Waals surface area contributed by atoms with Crippen LogP contribution in [0.5, 0.6) is 5.75 Å². The van der Waals surface area contributed by atoms with Gasteiger partial charge in [-0.2, -0.15) is 0 Å². The highest BCUT2D eigenvalue weighted by Gasteiger charge is 2.22. The lowest BCUT2D eigenvalue weighted by Gasteiger charge is -2.31. The van der Waals surface area contributed by atoms with E-state index >= 15 is 0 Å².